The number of hydrogen-bond donors (Lipinski definition) is 1. The number of aryl methyl sites for hydroxylation is 2. The van der Waals surface area contributed by atoms with E-state index in [4.69, 9.17) is 4.52 Å². The maximum Gasteiger partial charge on any atom is 0.227 e. The van der Waals surface area contributed by atoms with E-state index in [1.54, 1.807) is 0 Å². The largest absolute Gasteiger partial charge is 0.361 e. The maximum absolute atomic E-state index is 12.9. The van der Waals surface area contributed by atoms with Gasteiger partial charge in [-0.2, -0.15) is 4.98 Å². The lowest BCUT2D eigenvalue weighted by Crippen LogP contribution is -2.32. The highest BCUT2D eigenvalue weighted by atomic mass is 16.5. The van der Waals surface area contributed by atoms with Gasteiger partial charge >= 0.3 is 0 Å². The summed E-state index contributed by atoms with van der Waals surface area (Å²) < 4.78 is 5.23. The third-order valence-corrected chi connectivity index (χ3v) is 5.01. The zero-order chi connectivity index (χ0) is 17.4. The summed E-state index contributed by atoms with van der Waals surface area (Å²) >= 11 is 0. The average molecular weight is 338 g/mol. The van der Waals surface area contributed by atoms with Crippen molar-refractivity contribution in [3.8, 4) is 0 Å². The molecule has 0 bridgehead atoms. The lowest BCUT2D eigenvalue weighted by Gasteiger charge is -2.22. The molecule has 1 aromatic carbocycles. The molecule has 3 aromatic rings. The highest BCUT2D eigenvalue weighted by molar-refractivity contribution is 5.90. The van der Waals surface area contributed by atoms with E-state index in [2.05, 4.69) is 34.2 Å². The van der Waals surface area contributed by atoms with Gasteiger partial charge in [0.2, 0.25) is 11.8 Å². The van der Waals surface area contributed by atoms with Gasteiger partial charge in [-0.25, -0.2) is 0 Å². The molecular weight excluding hydrogens is 316 g/mol. The Bertz CT molecular complexity index is 911. The van der Waals surface area contributed by atoms with Gasteiger partial charge in [-0.15, -0.1) is 0 Å². The van der Waals surface area contributed by atoms with Gasteiger partial charge in [0.05, 0.1) is 12.5 Å². The van der Waals surface area contributed by atoms with Gasteiger partial charge in [0.1, 0.15) is 0 Å². The van der Waals surface area contributed by atoms with Crippen LogP contribution in [0, 0.1) is 6.92 Å². The third kappa shape index (κ3) is 2.81. The molecule has 1 N–H and O–H groups in total. The maximum atomic E-state index is 12.9. The van der Waals surface area contributed by atoms with Crippen LogP contribution in [0.3, 0.4) is 0 Å². The highest BCUT2D eigenvalue weighted by Crippen LogP contribution is 2.31. The van der Waals surface area contributed by atoms with Crippen molar-refractivity contribution in [3.63, 3.8) is 0 Å². The van der Waals surface area contributed by atoms with Crippen LogP contribution >= 0.6 is 0 Å². The summed E-state index contributed by atoms with van der Waals surface area (Å²) in [5.74, 6) is 1.38. The van der Waals surface area contributed by atoms with Gasteiger partial charge in [-0.05, 0) is 30.9 Å². The lowest BCUT2D eigenvalue weighted by atomic mass is 10.1. The first-order chi connectivity index (χ1) is 12.2. The van der Waals surface area contributed by atoms with Gasteiger partial charge in [-0.3, -0.25) is 4.79 Å². The fourth-order valence-corrected chi connectivity index (χ4v) is 3.66. The predicted octanol–water partition coefficient (Wildman–Crippen LogP) is 3.33. The van der Waals surface area contributed by atoms with Crippen LogP contribution in [-0.2, 0) is 17.6 Å². The van der Waals surface area contributed by atoms with Crippen molar-refractivity contribution in [1.82, 2.24) is 20.0 Å². The Kier molecular flexibility index (Phi) is 4.03. The van der Waals surface area contributed by atoms with E-state index in [1.165, 1.54) is 5.56 Å². The number of nitrogens with zero attached hydrogens (tertiary/aromatic N) is 3. The number of carbonyl (C=O) groups is 1. The summed E-state index contributed by atoms with van der Waals surface area (Å²) in [4.78, 5) is 22.5. The zero-order valence-corrected chi connectivity index (χ0v) is 14.6. The number of H-pyrrole nitrogens is 1. The molecule has 3 heterocycles. The standard InChI is InChI=1S/C19H22N4O2/c1-3-16-21-19(22-25-16)15-8-5-9-23(15)17(24)10-13-11-20-18-12(2)6-4-7-14(13)18/h4,6-7,11,15,20H,3,5,8-10H2,1-2H3. The van der Waals surface area contributed by atoms with Crippen LogP contribution in [-0.4, -0.2) is 32.5 Å². The Labute approximate surface area is 146 Å². The Morgan fingerprint density at radius 2 is 2.32 bits per heavy atom. The van der Waals surface area contributed by atoms with Crippen molar-refractivity contribution < 1.29 is 9.32 Å². The van der Waals surface area contributed by atoms with Crippen LogP contribution in [0.1, 0.15) is 48.6 Å². The molecule has 1 amide bonds. The Balaban J connectivity index is 1.56. The highest BCUT2D eigenvalue weighted by Gasteiger charge is 2.33. The number of hydrogen-bond acceptors (Lipinski definition) is 4. The van der Waals surface area contributed by atoms with Crippen LogP contribution < -0.4 is 0 Å². The van der Waals surface area contributed by atoms with Gasteiger partial charge < -0.3 is 14.4 Å². The number of fused-ring (bicyclic) bond motifs is 1. The van der Waals surface area contributed by atoms with Crippen molar-refractivity contribution >= 4 is 16.8 Å². The number of aromatic amines is 1. The second-order valence-electron chi connectivity index (χ2n) is 6.63. The van der Waals surface area contributed by atoms with Crippen molar-refractivity contribution in [1.29, 1.82) is 0 Å². The zero-order valence-electron chi connectivity index (χ0n) is 14.6. The number of nitrogens with one attached hydrogen (secondary N) is 1. The van der Waals surface area contributed by atoms with Crippen LogP contribution in [0.15, 0.2) is 28.9 Å². The van der Waals surface area contributed by atoms with Crippen LogP contribution in [0.4, 0.5) is 0 Å². The summed E-state index contributed by atoms with van der Waals surface area (Å²) in [6.45, 7) is 4.80. The normalized spacial score (nSPS) is 17.5. The first-order valence-corrected chi connectivity index (χ1v) is 8.85. The molecule has 6 nitrogen and oxygen atoms in total. The first-order valence-electron chi connectivity index (χ1n) is 8.85. The van der Waals surface area contributed by atoms with Gasteiger partial charge in [0.25, 0.3) is 0 Å². The molecule has 0 spiro atoms. The Hall–Kier alpha value is -2.63. The first kappa shape index (κ1) is 15.9. The Morgan fingerprint density at radius 3 is 3.12 bits per heavy atom. The van der Waals surface area contributed by atoms with Gasteiger partial charge in [0.15, 0.2) is 5.82 Å². The van der Waals surface area contributed by atoms with E-state index >= 15 is 0 Å². The van der Waals surface area contributed by atoms with E-state index in [9.17, 15) is 4.79 Å². The Morgan fingerprint density at radius 1 is 1.44 bits per heavy atom. The van der Waals surface area contributed by atoms with Crippen molar-refractivity contribution in [2.24, 2.45) is 0 Å². The molecule has 1 atom stereocenters. The smallest absolute Gasteiger partial charge is 0.227 e. The topological polar surface area (TPSA) is 75.0 Å². The number of benzene rings is 1. The number of likely N-dealkylation sites (tertiary alicyclic amines) is 1. The molecule has 130 valence electrons. The minimum atomic E-state index is -0.0662. The predicted molar refractivity (Wildman–Crippen MR) is 94.1 cm³/mol. The number of carbonyl (C=O) groups excluding carboxylic acids is 1. The van der Waals surface area contributed by atoms with Crippen molar-refractivity contribution in [2.75, 3.05) is 6.54 Å². The van der Waals surface area contributed by atoms with Crippen LogP contribution in [0.5, 0.6) is 0 Å². The molecule has 0 radical (unpaired) electrons. The summed E-state index contributed by atoms with van der Waals surface area (Å²) in [6, 6.07) is 6.10. The van der Waals surface area contributed by atoms with Crippen molar-refractivity contribution in [3.05, 3.63) is 47.2 Å². The minimum Gasteiger partial charge on any atom is -0.361 e. The number of aromatic nitrogens is 3. The minimum absolute atomic E-state index is 0.0662. The summed E-state index contributed by atoms with van der Waals surface area (Å²) in [6.07, 6.45) is 4.91. The molecule has 2 aromatic heterocycles. The van der Waals surface area contributed by atoms with E-state index in [1.807, 2.05) is 24.1 Å². The average Bonchev–Trinajstić information content (AvgIpc) is 3.34. The van der Waals surface area contributed by atoms with Gasteiger partial charge in [-0.1, -0.05) is 30.3 Å². The third-order valence-electron chi connectivity index (χ3n) is 5.01. The molecule has 25 heavy (non-hydrogen) atoms. The van der Waals surface area contributed by atoms with E-state index in [0.717, 1.165) is 35.9 Å². The molecular formula is C19H22N4O2. The molecule has 0 saturated carbocycles. The molecule has 1 unspecified atom stereocenters. The number of amides is 1. The quantitative estimate of drug-likeness (QED) is 0.792. The number of rotatable bonds is 4. The lowest BCUT2D eigenvalue weighted by molar-refractivity contribution is -0.131. The SMILES string of the molecule is CCc1nc(C2CCCN2C(=O)Cc2c[nH]c3c(C)cccc23)no1. The molecule has 4 rings (SSSR count). The van der Waals surface area contributed by atoms with Crippen LogP contribution in [0.25, 0.3) is 10.9 Å². The molecule has 0 aliphatic carbocycles. The fraction of sp³-hybridized carbons (Fsp3) is 0.421. The molecule has 1 saturated heterocycles. The monoisotopic (exact) mass is 338 g/mol. The van der Waals surface area contributed by atoms with Crippen molar-refractivity contribution in [2.45, 2.75) is 45.6 Å². The molecule has 6 heteroatoms. The fourth-order valence-electron chi connectivity index (χ4n) is 3.66. The van der Waals surface area contributed by atoms with Gasteiger partial charge in [0, 0.05) is 30.1 Å². The molecule has 1 fully saturated rings. The second-order valence-corrected chi connectivity index (χ2v) is 6.63. The summed E-state index contributed by atoms with van der Waals surface area (Å²) in [5, 5.41) is 5.20. The van der Waals surface area contributed by atoms with E-state index < -0.39 is 0 Å². The molecule has 1 aliphatic rings. The number of para-hydroxylation sites is 1. The van der Waals surface area contributed by atoms with E-state index in [-0.39, 0.29) is 11.9 Å². The van der Waals surface area contributed by atoms with E-state index in [0.29, 0.717) is 24.6 Å². The second kappa shape index (κ2) is 6.35. The summed E-state index contributed by atoms with van der Waals surface area (Å²) in [5.41, 5.74) is 3.33. The summed E-state index contributed by atoms with van der Waals surface area (Å²) in [7, 11) is 0. The van der Waals surface area contributed by atoms with Crippen LogP contribution in [0.2, 0.25) is 0 Å². The molecule has 1 aliphatic heterocycles.